The minimum absolute atomic E-state index is 0.00486. The molecular formula is C33H26F4N4O5S. The minimum atomic E-state index is -5.36. The molecule has 14 heteroatoms. The number of amides is 2. The Labute approximate surface area is 268 Å². The highest BCUT2D eigenvalue weighted by Gasteiger charge is 2.58. The standard InChI is InChI=1S/C33H26F4N4O5S/c1-31(30(38)43)15-45-27-21(31)12-24(41-26(27)20-13-47-28-19(20)5-2-6-22(28)34)32(44,33(35,36)37)14-40-29(42)17-10-16-4-3-9-39-25(16)23(11-17)46-18-7-8-18/h2-6,9-13,18,44H,7-8,14-15H2,1H3,(H2,38,43)(H,40,42)/t31-,32?/m0/s1. The lowest BCUT2D eigenvalue weighted by Crippen LogP contribution is -2.51. The van der Waals surface area contributed by atoms with E-state index in [0.717, 1.165) is 30.2 Å². The Balaban J connectivity index is 1.31. The molecule has 1 unspecified atom stereocenters. The lowest BCUT2D eigenvalue weighted by molar-refractivity contribution is -0.265. The maximum atomic E-state index is 14.9. The molecular weight excluding hydrogens is 640 g/mol. The Bertz CT molecular complexity index is 2100. The molecule has 1 aliphatic heterocycles. The fourth-order valence-electron chi connectivity index (χ4n) is 5.58. The number of aromatic nitrogens is 2. The van der Waals surface area contributed by atoms with Crippen molar-refractivity contribution >= 4 is 44.1 Å². The van der Waals surface area contributed by atoms with Gasteiger partial charge in [-0.2, -0.15) is 13.2 Å². The molecule has 0 radical (unpaired) electrons. The van der Waals surface area contributed by atoms with E-state index in [1.807, 2.05) is 0 Å². The number of rotatable bonds is 8. The number of nitrogens with zero attached hydrogens (tertiary/aromatic N) is 2. The van der Waals surface area contributed by atoms with Gasteiger partial charge in [0, 0.05) is 39.0 Å². The molecule has 2 atom stereocenters. The predicted molar refractivity (Wildman–Crippen MR) is 165 cm³/mol. The number of aliphatic hydroxyl groups is 1. The molecule has 0 saturated heterocycles. The van der Waals surface area contributed by atoms with E-state index in [1.165, 1.54) is 36.6 Å². The van der Waals surface area contributed by atoms with Crippen LogP contribution in [0.1, 0.15) is 41.4 Å². The van der Waals surface area contributed by atoms with Crippen molar-refractivity contribution in [2.45, 2.75) is 43.1 Å². The fraction of sp³-hybridized carbons (Fsp3) is 0.273. The lowest BCUT2D eigenvalue weighted by Gasteiger charge is -2.31. The maximum Gasteiger partial charge on any atom is 0.424 e. The fourth-order valence-corrected chi connectivity index (χ4v) is 6.54. The molecule has 2 aromatic carbocycles. The Hall–Kier alpha value is -4.82. The van der Waals surface area contributed by atoms with E-state index in [-0.39, 0.29) is 45.5 Å². The van der Waals surface area contributed by atoms with Crippen LogP contribution in [-0.4, -0.2) is 52.3 Å². The molecule has 1 aliphatic carbocycles. The van der Waals surface area contributed by atoms with E-state index < -0.39 is 47.1 Å². The SMILES string of the molecule is C[C@]1(C(N)=O)COc2c1cc(C(O)(CNC(=O)c1cc(OC3CC3)c3ncccc3c1)C(F)(F)F)nc2-c1csc2c(F)cccc12. The average Bonchev–Trinajstić information content (AvgIpc) is 3.63. The van der Waals surface area contributed by atoms with E-state index in [1.54, 1.807) is 24.4 Å². The van der Waals surface area contributed by atoms with E-state index in [4.69, 9.17) is 15.2 Å². The van der Waals surface area contributed by atoms with Gasteiger partial charge in [-0.25, -0.2) is 9.37 Å². The molecule has 242 valence electrons. The molecule has 5 aromatic rings. The molecule has 2 amide bonds. The first kappa shape index (κ1) is 30.8. The number of carbonyl (C=O) groups excluding carboxylic acids is 2. The molecule has 2 aliphatic rings. The van der Waals surface area contributed by atoms with Gasteiger partial charge in [0.25, 0.3) is 5.91 Å². The maximum absolute atomic E-state index is 14.9. The van der Waals surface area contributed by atoms with Crippen molar-refractivity contribution in [3.63, 3.8) is 0 Å². The highest BCUT2D eigenvalue weighted by molar-refractivity contribution is 7.17. The van der Waals surface area contributed by atoms with Gasteiger partial charge in [0.15, 0.2) is 0 Å². The Morgan fingerprint density at radius 3 is 2.70 bits per heavy atom. The van der Waals surface area contributed by atoms with Gasteiger partial charge < -0.3 is 25.6 Å². The number of benzene rings is 2. The second kappa shape index (κ2) is 10.9. The van der Waals surface area contributed by atoms with E-state index in [0.29, 0.717) is 22.0 Å². The summed E-state index contributed by atoms with van der Waals surface area (Å²) >= 11 is 1.01. The largest absolute Gasteiger partial charge is 0.489 e. The van der Waals surface area contributed by atoms with Crippen LogP contribution in [0.15, 0.2) is 60.1 Å². The minimum Gasteiger partial charge on any atom is -0.489 e. The Morgan fingerprint density at radius 1 is 1.19 bits per heavy atom. The van der Waals surface area contributed by atoms with Gasteiger partial charge in [0.05, 0.1) is 23.0 Å². The number of thiophene rings is 1. The number of alkyl halides is 3. The summed E-state index contributed by atoms with van der Waals surface area (Å²) in [7, 11) is 0. The number of halogens is 4. The molecule has 7 rings (SSSR count). The zero-order chi connectivity index (χ0) is 33.3. The van der Waals surface area contributed by atoms with Crippen LogP contribution in [0.2, 0.25) is 0 Å². The molecule has 47 heavy (non-hydrogen) atoms. The van der Waals surface area contributed by atoms with E-state index >= 15 is 0 Å². The summed E-state index contributed by atoms with van der Waals surface area (Å²) in [6.45, 7) is -0.225. The van der Waals surface area contributed by atoms with Crippen molar-refractivity contribution in [3.05, 3.63) is 82.7 Å². The third-order valence-electron chi connectivity index (χ3n) is 8.57. The number of hydrogen-bond acceptors (Lipinski definition) is 8. The van der Waals surface area contributed by atoms with Crippen molar-refractivity contribution in [3.8, 4) is 22.8 Å². The number of pyridine rings is 2. The van der Waals surface area contributed by atoms with Gasteiger partial charge in [-0.1, -0.05) is 18.2 Å². The predicted octanol–water partition coefficient (Wildman–Crippen LogP) is 5.51. The number of carbonyl (C=O) groups is 2. The summed E-state index contributed by atoms with van der Waals surface area (Å²) in [4.78, 5) is 34.5. The first-order chi connectivity index (χ1) is 22.3. The van der Waals surface area contributed by atoms with Crippen molar-refractivity contribution in [2.75, 3.05) is 13.2 Å². The Morgan fingerprint density at radius 2 is 1.98 bits per heavy atom. The highest BCUT2D eigenvalue weighted by Crippen LogP contribution is 2.49. The van der Waals surface area contributed by atoms with Gasteiger partial charge >= 0.3 is 6.18 Å². The molecule has 4 heterocycles. The number of hydrogen-bond donors (Lipinski definition) is 3. The number of ether oxygens (including phenoxy) is 2. The summed E-state index contributed by atoms with van der Waals surface area (Å²) < 4.78 is 71.3. The molecule has 3 aromatic heterocycles. The lowest BCUT2D eigenvalue weighted by atomic mass is 9.81. The third kappa shape index (κ3) is 5.11. The second-order valence-corrected chi connectivity index (χ2v) is 12.8. The molecule has 9 nitrogen and oxygen atoms in total. The zero-order valence-corrected chi connectivity index (χ0v) is 25.5. The average molecular weight is 667 g/mol. The second-order valence-electron chi connectivity index (χ2n) is 11.9. The van der Waals surface area contributed by atoms with E-state index in [9.17, 15) is 32.3 Å². The number of nitrogens with two attached hydrogens (primary N) is 1. The van der Waals surface area contributed by atoms with E-state index in [2.05, 4.69) is 15.3 Å². The van der Waals surface area contributed by atoms with Gasteiger partial charge in [0.1, 0.15) is 40.5 Å². The molecule has 0 spiro atoms. The topological polar surface area (TPSA) is 137 Å². The summed E-state index contributed by atoms with van der Waals surface area (Å²) in [6.07, 6.45) is -2.19. The van der Waals surface area contributed by atoms with Crippen LogP contribution in [0, 0.1) is 5.82 Å². The first-order valence-electron chi connectivity index (χ1n) is 14.6. The van der Waals surface area contributed by atoms with Gasteiger partial charge in [-0.3, -0.25) is 14.6 Å². The monoisotopic (exact) mass is 666 g/mol. The number of nitrogens with one attached hydrogen (secondary N) is 1. The van der Waals surface area contributed by atoms with Crippen LogP contribution < -0.4 is 20.5 Å². The smallest absolute Gasteiger partial charge is 0.424 e. The quantitative estimate of drug-likeness (QED) is 0.186. The van der Waals surface area contributed by atoms with Crippen LogP contribution in [0.25, 0.3) is 32.2 Å². The van der Waals surface area contributed by atoms with Crippen molar-refractivity contribution < 1.29 is 41.7 Å². The first-order valence-corrected chi connectivity index (χ1v) is 15.5. The molecule has 0 bridgehead atoms. The third-order valence-corrected chi connectivity index (χ3v) is 9.58. The van der Waals surface area contributed by atoms with Crippen molar-refractivity contribution in [1.82, 2.24) is 15.3 Å². The summed E-state index contributed by atoms with van der Waals surface area (Å²) in [5, 5.41) is 16.0. The highest BCUT2D eigenvalue weighted by atomic mass is 32.1. The number of primary amides is 1. The zero-order valence-electron chi connectivity index (χ0n) is 24.7. The van der Waals surface area contributed by atoms with Crippen LogP contribution in [0.4, 0.5) is 17.6 Å². The summed E-state index contributed by atoms with van der Waals surface area (Å²) in [6, 6.07) is 11.4. The van der Waals surface area contributed by atoms with Gasteiger partial charge in [-0.05, 0) is 50.1 Å². The van der Waals surface area contributed by atoms with Crippen LogP contribution >= 0.6 is 11.3 Å². The van der Waals surface area contributed by atoms with Crippen molar-refractivity contribution in [1.29, 1.82) is 0 Å². The molecule has 4 N–H and O–H groups in total. The van der Waals surface area contributed by atoms with Gasteiger partial charge in [0.2, 0.25) is 11.5 Å². The molecule has 1 saturated carbocycles. The van der Waals surface area contributed by atoms with Gasteiger partial charge in [-0.15, -0.1) is 11.3 Å². The normalized spacial score (nSPS) is 18.9. The van der Waals surface area contributed by atoms with Crippen LogP contribution in [0.3, 0.4) is 0 Å². The number of fused-ring (bicyclic) bond motifs is 3. The van der Waals surface area contributed by atoms with Crippen LogP contribution in [0.5, 0.6) is 11.5 Å². The van der Waals surface area contributed by atoms with Crippen LogP contribution in [-0.2, 0) is 15.8 Å². The Kier molecular flexibility index (Phi) is 7.13. The van der Waals surface area contributed by atoms with Crippen molar-refractivity contribution in [2.24, 2.45) is 5.73 Å². The summed E-state index contributed by atoms with van der Waals surface area (Å²) in [5.74, 6) is -2.03. The molecule has 1 fully saturated rings. The summed E-state index contributed by atoms with van der Waals surface area (Å²) in [5.41, 5.74) is 0.00675.